The molecule has 2 N–H and O–H groups in total. The first-order valence-electron chi connectivity index (χ1n) is 9.42. The number of carboxylic acids is 1. The number of carboxylic acid groups (broad SMARTS) is 1. The average molecular weight is 384 g/mol. The maximum Gasteiger partial charge on any atom is 0.339 e. The molecular formula is C21H24N2O5. The van der Waals surface area contributed by atoms with Crippen LogP contribution in [0.15, 0.2) is 34.7 Å². The van der Waals surface area contributed by atoms with Gasteiger partial charge < -0.3 is 19.7 Å². The summed E-state index contributed by atoms with van der Waals surface area (Å²) in [7, 11) is 0. The topological polar surface area (TPSA) is 99.9 Å². The van der Waals surface area contributed by atoms with Gasteiger partial charge in [-0.05, 0) is 31.4 Å². The molecule has 0 aliphatic carbocycles. The number of nitrogens with one attached hydrogen (secondary N) is 1. The van der Waals surface area contributed by atoms with Crippen LogP contribution in [-0.4, -0.2) is 46.9 Å². The Kier molecular flexibility index (Phi) is 5.82. The summed E-state index contributed by atoms with van der Waals surface area (Å²) in [6.07, 6.45) is 1.68. The lowest BCUT2D eigenvalue weighted by atomic mass is 10.0. The van der Waals surface area contributed by atoms with Gasteiger partial charge in [0.05, 0.1) is 0 Å². The van der Waals surface area contributed by atoms with E-state index in [4.69, 9.17) is 4.42 Å². The fourth-order valence-corrected chi connectivity index (χ4v) is 3.45. The summed E-state index contributed by atoms with van der Waals surface area (Å²) in [5.74, 6) is -1.16. The van der Waals surface area contributed by atoms with E-state index in [1.54, 1.807) is 17.9 Å². The second-order valence-corrected chi connectivity index (χ2v) is 6.96. The minimum atomic E-state index is -1.10. The Hall–Kier alpha value is -3.09. The van der Waals surface area contributed by atoms with Crippen LogP contribution in [0.1, 0.15) is 62.4 Å². The van der Waals surface area contributed by atoms with Gasteiger partial charge in [0, 0.05) is 37.2 Å². The molecule has 2 aromatic rings. The number of likely N-dealkylation sites (tertiary alicyclic amines) is 1. The van der Waals surface area contributed by atoms with Gasteiger partial charge in [-0.25, -0.2) is 4.79 Å². The van der Waals surface area contributed by atoms with Crippen LogP contribution in [-0.2, 0) is 6.42 Å². The predicted molar refractivity (Wildman–Crippen MR) is 103 cm³/mol. The Balaban J connectivity index is 1.59. The van der Waals surface area contributed by atoms with Gasteiger partial charge in [-0.1, -0.05) is 25.1 Å². The number of rotatable bonds is 5. The lowest BCUT2D eigenvalue weighted by Gasteiger charge is -2.32. The molecule has 2 heterocycles. The number of nitrogens with zero attached hydrogens (tertiary/aromatic N) is 1. The normalized spacial score (nSPS) is 14.7. The lowest BCUT2D eigenvalue weighted by Crippen LogP contribution is -2.46. The van der Waals surface area contributed by atoms with Crippen molar-refractivity contribution in [2.24, 2.45) is 0 Å². The van der Waals surface area contributed by atoms with Crippen LogP contribution in [0.4, 0.5) is 0 Å². The zero-order valence-electron chi connectivity index (χ0n) is 16.0. The van der Waals surface area contributed by atoms with Gasteiger partial charge in [0.1, 0.15) is 11.3 Å². The average Bonchev–Trinajstić information content (AvgIpc) is 3.13. The SMILES string of the molecule is CCc1oc(C(=O)N2CCC(NC(=O)c3ccccc3C)CC2)cc1C(=O)O. The molecule has 1 fully saturated rings. The van der Waals surface area contributed by atoms with Gasteiger partial charge in [-0.15, -0.1) is 0 Å². The summed E-state index contributed by atoms with van der Waals surface area (Å²) in [4.78, 5) is 38.0. The van der Waals surface area contributed by atoms with Crippen LogP contribution in [0.3, 0.4) is 0 Å². The highest BCUT2D eigenvalue weighted by molar-refractivity contribution is 5.97. The number of aromatic carboxylic acids is 1. The first-order chi connectivity index (χ1) is 13.4. The smallest absolute Gasteiger partial charge is 0.339 e. The molecule has 148 valence electrons. The summed E-state index contributed by atoms with van der Waals surface area (Å²) in [6, 6.07) is 8.72. The van der Waals surface area contributed by atoms with Crippen LogP contribution < -0.4 is 5.32 Å². The molecule has 0 unspecified atom stereocenters. The standard InChI is InChI=1S/C21H24N2O5/c1-3-17-16(21(26)27)12-18(28-17)20(25)23-10-8-14(9-11-23)22-19(24)15-7-5-4-6-13(15)2/h4-7,12,14H,3,8-11H2,1-2H3,(H,22,24)(H,26,27). The maximum atomic E-state index is 12.7. The number of furan rings is 1. The number of aryl methyl sites for hydroxylation is 2. The molecule has 1 saturated heterocycles. The molecule has 0 saturated carbocycles. The molecule has 0 spiro atoms. The third kappa shape index (κ3) is 4.08. The minimum Gasteiger partial charge on any atom is -0.478 e. The Morgan fingerprint density at radius 2 is 1.86 bits per heavy atom. The third-order valence-electron chi connectivity index (χ3n) is 5.08. The summed E-state index contributed by atoms with van der Waals surface area (Å²) in [6.45, 7) is 4.63. The van der Waals surface area contributed by atoms with Crippen molar-refractivity contribution in [3.63, 3.8) is 0 Å². The maximum absolute atomic E-state index is 12.7. The number of piperidine rings is 1. The zero-order valence-corrected chi connectivity index (χ0v) is 16.0. The van der Waals surface area contributed by atoms with Crippen molar-refractivity contribution in [3.8, 4) is 0 Å². The first-order valence-corrected chi connectivity index (χ1v) is 9.42. The van der Waals surface area contributed by atoms with Crippen molar-refractivity contribution in [3.05, 3.63) is 58.5 Å². The number of benzene rings is 1. The molecule has 7 nitrogen and oxygen atoms in total. The van der Waals surface area contributed by atoms with E-state index >= 15 is 0 Å². The van der Waals surface area contributed by atoms with Crippen molar-refractivity contribution < 1.29 is 23.9 Å². The molecule has 1 aliphatic heterocycles. The van der Waals surface area contributed by atoms with Gasteiger partial charge in [0.15, 0.2) is 5.76 Å². The van der Waals surface area contributed by atoms with Crippen molar-refractivity contribution in [1.82, 2.24) is 10.2 Å². The number of hydrogen-bond acceptors (Lipinski definition) is 4. The van der Waals surface area contributed by atoms with Crippen LogP contribution in [0.25, 0.3) is 0 Å². The summed E-state index contributed by atoms with van der Waals surface area (Å²) < 4.78 is 5.46. The monoisotopic (exact) mass is 384 g/mol. The minimum absolute atomic E-state index is 0.00598. The van der Waals surface area contributed by atoms with E-state index in [1.165, 1.54) is 6.07 Å². The van der Waals surface area contributed by atoms with E-state index in [0.29, 0.717) is 43.7 Å². The number of amides is 2. The predicted octanol–water partition coefficient (Wildman–Crippen LogP) is 2.88. The van der Waals surface area contributed by atoms with E-state index < -0.39 is 5.97 Å². The van der Waals surface area contributed by atoms with Crippen LogP contribution in [0.5, 0.6) is 0 Å². The fourth-order valence-electron chi connectivity index (χ4n) is 3.45. The molecular weight excluding hydrogens is 360 g/mol. The number of carbonyl (C=O) groups excluding carboxylic acids is 2. The molecule has 0 atom stereocenters. The van der Waals surface area contributed by atoms with Gasteiger partial charge in [-0.2, -0.15) is 0 Å². The van der Waals surface area contributed by atoms with Crippen molar-refractivity contribution >= 4 is 17.8 Å². The van der Waals surface area contributed by atoms with Crippen LogP contribution in [0.2, 0.25) is 0 Å². The highest BCUT2D eigenvalue weighted by atomic mass is 16.4. The third-order valence-corrected chi connectivity index (χ3v) is 5.08. The van der Waals surface area contributed by atoms with Crippen LogP contribution in [0, 0.1) is 6.92 Å². The molecule has 1 aromatic heterocycles. The number of hydrogen-bond donors (Lipinski definition) is 2. The van der Waals surface area contributed by atoms with E-state index in [0.717, 1.165) is 5.56 Å². The van der Waals surface area contributed by atoms with E-state index in [-0.39, 0.29) is 29.2 Å². The van der Waals surface area contributed by atoms with Crippen molar-refractivity contribution in [2.75, 3.05) is 13.1 Å². The largest absolute Gasteiger partial charge is 0.478 e. The zero-order chi connectivity index (χ0) is 20.3. The Bertz CT molecular complexity index is 894. The lowest BCUT2D eigenvalue weighted by molar-refractivity contribution is 0.0661. The first kappa shape index (κ1) is 19.7. The summed E-state index contributed by atoms with van der Waals surface area (Å²) >= 11 is 0. The summed E-state index contributed by atoms with van der Waals surface area (Å²) in [5, 5.41) is 12.2. The molecule has 1 aliphatic rings. The molecule has 7 heteroatoms. The highest BCUT2D eigenvalue weighted by Crippen LogP contribution is 2.20. The van der Waals surface area contributed by atoms with E-state index in [1.807, 2.05) is 25.1 Å². The van der Waals surface area contributed by atoms with Crippen molar-refractivity contribution in [1.29, 1.82) is 0 Å². The Morgan fingerprint density at radius 1 is 1.18 bits per heavy atom. The van der Waals surface area contributed by atoms with E-state index in [9.17, 15) is 19.5 Å². The van der Waals surface area contributed by atoms with Gasteiger partial charge in [-0.3, -0.25) is 9.59 Å². The van der Waals surface area contributed by atoms with E-state index in [2.05, 4.69) is 5.32 Å². The Labute approximate surface area is 163 Å². The quantitative estimate of drug-likeness (QED) is 0.826. The van der Waals surface area contributed by atoms with Gasteiger partial charge >= 0.3 is 5.97 Å². The molecule has 28 heavy (non-hydrogen) atoms. The molecule has 3 rings (SSSR count). The van der Waals surface area contributed by atoms with Crippen LogP contribution >= 0.6 is 0 Å². The highest BCUT2D eigenvalue weighted by Gasteiger charge is 2.28. The molecule has 0 radical (unpaired) electrons. The molecule has 0 bridgehead atoms. The Morgan fingerprint density at radius 3 is 2.43 bits per heavy atom. The fraction of sp³-hybridized carbons (Fsp3) is 0.381. The molecule has 1 aromatic carbocycles. The number of carbonyl (C=O) groups is 3. The molecule has 2 amide bonds. The van der Waals surface area contributed by atoms with Gasteiger partial charge in [0.25, 0.3) is 11.8 Å². The van der Waals surface area contributed by atoms with Crippen molar-refractivity contribution in [2.45, 2.75) is 39.2 Å². The summed E-state index contributed by atoms with van der Waals surface area (Å²) in [5.41, 5.74) is 1.61. The second kappa shape index (κ2) is 8.29. The second-order valence-electron chi connectivity index (χ2n) is 6.96. The van der Waals surface area contributed by atoms with Gasteiger partial charge in [0.2, 0.25) is 0 Å².